The molecule has 2 aromatic carbocycles. The molecule has 2 N–H and O–H groups in total. The molecule has 47 heavy (non-hydrogen) atoms. The predicted molar refractivity (Wildman–Crippen MR) is 162 cm³/mol. The number of halogens is 4. The van der Waals surface area contributed by atoms with Crippen LogP contribution in [0.2, 0.25) is 0 Å². The molecule has 15 heteroatoms. The number of benzene rings is 2. The minimum absolute atomic E-state index is 0.0148. The molecule has 254 valence electrons. The third kappa shape index (κ3) is 6.94. The van der Waals surface area contributed by atoms with Gasteiger partial charge in [0.25, 0.3) is 11.8 Å². The lowest BCUT2D eigenvalue weighted by Gasteiger charge is -2.43. The van der Waals surface area contributed by atoms with Crippen LogP contribution in [0.25, 0.3) is 0 Å². The molecule has 1 atom stereocenters. The van der Waals surface area contributed by atoms with Gasteiger partial charge in [-0.3, -0.25) is 24.2 Å². The number of aryl methyl sites for hydroxylation is 1. The molecule has 0 bridgehead atoms. The van der Waals surface area contributed by atoms with Crippen molar-refractivity contribution in [3.63, 3.8) is 0 Å². The van der Waals surface area contributed by atoms with Gasteiger partial charge >= 0.3 is 18.2 Å². The second kappa shape index (κ2) is 13.3. The van der Waals surface area contributed by atoms with Crippen molar-refractivity contribution in [2.75, 3.05) is 45.2 Å². The largest absolute Gasteiger partial charge is 0.478 e. The SMILES string of the molecule is Cc1cc(N2C(=O)N(CCN(C)C)C(=O)C23CCN(C(=O)[C@H](NC(=O)c2cc(C(F)(F)F)ccc2F)C(C)C)CC3)ccc1C(=O)O. The average Bonchev–Trinajstić information content (AvgIpc) is 3.18. The van der Waals surface area contributed by atoms with Crippen LogP contribution in [0.5, 0.6) is 0 Å². The first-order chi connectivity index (χ1) is 21.9. The average molecular weight is 664 g/mol. The van der Waals surface area contributed by atoms with Gasteiger partial charge in [-0.1, -0.05) is 13.8 Å². The van der Waals surface area contributed by atoms with E-state index >= 15 is 0 Å². The number of rotatable bonds is 9. The maximum absolute atomic E-state index is 14.4. The fraction of sp³-hybridized carbons (Fsp3) is 0.469. The molecular formula is C32H37F4N5O6. The van der Waals surface area contributed by atoms with Crippen LogP contribution < -0.4 is 10.2 Å². The van der Waals surface area contributed by atoms with Gasteiger partial charge in [0.15, 0.2) is 0 Å². The number of carboxylic acid groups (broad SMARTS) is 1. The van der Waals surface area contributed by atoms with Crippen LogP contribution >= 0.6 is 0 Å². The Bertz CT molecular complexity index is 1590. The van der Waals surface area contributed by atoms with E-state index in [1.165, 1.54) is 28.0 Å². The van der Waals surface area contributed by atoms with Gasteiger partial charge in [0.05, 0.1) is 16.7 Å². The molecule has 11 nitrogen and oxygen atoms in total. The van der Waals surface area contributed by atoms with Crippen molar-refractivity contribution in [2.45, 2.75) is 51.4 Å². The number of hydrogen-bond acceptors (Lipinski definition) is 6. The number of likely N-dealkylation sites (N-methyl/N-ethyl adjacent to an activating group) is 1. The van der Waals surface area contributed by atoms with E-state index in [2.05, 4.69) is 5.32 Å². The number of carboxylic acids is 1. The Morgan fingerprint density at radius 2 is 1.66 bits per heavy atom. The molecule has 2 fully saturated rings. The Labute approximate surface area is 269 Å². The highest BCUT2D eigenvalue weighted by Crippen LogP contribution is 2.41. The Morgan fingerprint density at radius 1 is 1.02 bits per heavy atom. The van der Waals surface area contributed by atoms with Crippen molar-refractivity contribution in [3.05, 3.63) is 64.5 Å². The van der Waals surface area contributed by atoms with E-state index < -0.39 is 70.3 Å². The highest BCUT2D eigenvalue weighted by molar-refractivity contribution is 6.17. The minimum Gasteiger partial charge on any atom is -0.478 e. The topological polar surface area (TPSA) is 131 Å². The summed E-state index contributed by atoms with van der Waals surface area (Å²) in [5.74, 6) is -5.08. The summed E-state index contributed by atoms with van der Waals surface area (Å²) in [4.78, 5) is 71.8. The van der Waals surface area contributed by atoms with Gasteiger partial charge in [-0.2, -0.15) is 13.2 Å². The molecule has 0 aromatic heterocycles. The summed E-state index contributed by atoms with van der Waals surface area (Å²) in [5, 5.41) is 11.9. The van der Waals surface area contributed by atoms with Crippen LogP contribution in [0.1, 0.15) is 58.5 Å². The van der Waals surface area contributed by atoms with E-state index in [-0.39, 0.29) is 38.0 Å². The van der Waals surface area contributed by atoms with Crippen LogP contribution in [-0.4, -0.2) is 101 Å². The molecule has 0 aliphatic carbocycles. The van der Waals surface area contributed by atoms with E-state index in [0.29, 0.717) is 36.0 Å². The molecule has 2 aromatic rings. The van der Waals surface area contributed by atoms with Crippen LogP contribution in [0.15, 0.2) is 36.4 Å². The molecule has 1 spiro atoms. The summed E-state index contributed by atoms with van der Waals surface area (Å²) in [6.07, 6.45) is -4.78. The van der Waals surface area contributed by atoms with Crippen molar-refractivity contribution in [1.29, 1.82) is 0 Å². The van der Waals surface area contributed by atoms with Crippen LogP contribution in [-0.2, 0) is 15.8 Å². The molecule has 0 saturated carbocycles. The number of hydrogen-bond donors (Lipinski definition) is 2. The Kier molecular flexibility index (Phi) is 9.99. The monoisotopic (exact) mass is 663 g/mol. The van der Waals surface area contributed by atoms with Crippen molar-refractivity contribution >= 4 is 35.4 Å². The number of anilines is 1. The molecular weight excluding hydrogens is 626 g/mol. The standard InChI is InChI=1S/C32H37F4N5O6/c1-18(2)25(37-26(42)23-17-20(32(34,35)36)6-9-24(23)33)27(43)39-12-10-31(11-13-39)29(46)40(15-14-38(4)5)30(47)41(31)21-7-8-22(28(44)45)19(3)16-21/h6-9,16-18,25H,10-15H2,1-5H3,(H,37,42)(H,44,45)/t25-/m1/s1. The lowest BCUT2D eigenvalue weighted by Crippen LogP contribution is -2.60. The van der Waals surface area contributed by atoms with E-state index in [1.807, 2.05) is 4.90 Å². The van der Waals surface area contributed by atoms with Crippen molar-refractivity contribution in [3.8, 4) is 0 Å². The number of nitrogens with one attached hydrogen (secondary N) is 1. The minimum atomic E-state index is -4.81. The van der Waals surface area contributed by atoms with E-state index in [4.69, 9.17) is 0 Å². The number of amides is 5. The first kappa shape index (κ1) is 35.3. The van der Waals surface area contributed by atoms with Gasteiger partial charge in [0.1, 0.15) is 17.4 Å². The third-order valence-corrected chi connectivity index (χ3v) is 8.62. The van der Waals surface area contributed by atoms with Gasteiger partial charge in [0, 0.05) is 31.9 Å². The second-order valence-corrected chi connectivity index (χ2v) is 12.4. The lowest BCUT2D eigenvalue weighted by molar-refractivity contribution is -0.139. The summed E-state index contributed by atoms with van der Waals surface area (Å²) >= 11 is 0. The molecule has 4 rings (SSSR count). The summed E-state index contributed by atoms with van der Waals surface area (Å²) < 4.78 is 54.1. The number of aromatic carboxylic acids is 1. The number of imide groups is 1. The van der Waals surface area contributed by atoms with E-state index in [0.717, 1.165) is 4.90 Å². The highest BCUT2D eigenvalue weighted by atomic mass is 19.4. The fourth-order valence-corrected chi connectivity index (χ4v) is 5.96. The fourth-order valence-electron chi connectivity index (χ4n) is 5.96. The van der Waals surface area contributed by atoms with Gasteiger partial charge in [-0.25, -0.2) is 14.0 Å². The normalized spacial score (nSPS) is 17.2. The first-order valence-electron chi connectivity index (χ1n) is 15.0. The second-order valence-electron chi connectivity index (χ2n) is 12.4. The molecule has 2 aliphatic heterocycles. The zero-order valence-electron chi connectivity index (χ0n) is 26.7. The quantitative estimate of drug-likeness (QED) is 0.307. The summed E-state index contributed by atoms with van der Waals surface area (Å²) in [6, 6.07) is 4.00. The maximum Gasteiger partial charge on any atom is 0.416 e. The summed E-state index contributed by atoms with van der Waals surface area (Å²) in [7, 11) is 3.59. The molecule has 2 aliphatic rings. The van der Waals surface area contributed by atoms with E-state index in [9.17, 15) is 46.6 Å². The van der Waals surface area contributed by atoms with Crippen molar-refractivity contribution in [2.24, 2.45) is 5.92 Å². The number of carbonyl (C=O) groups is 5. The molecule has 2 saturated heterocycles. The van der Waals surface area contributed by atoms with Crippen molar-refractivity contribution < 1.29 is 46.6 Å². The zero-order chi connectivity index (χ0) is 35.0. The number of nitrogens with zero attached hydrogens (tertiary/aromatic N) is 4. The van der Waals surface area contributed by atoms with Gasteiger partial charge in [0.2, 0.25) is 5.91 Å². The number of urea groups is 1. The third-order valence-electron chi connectivity index (χ3n) is 8.62. The smallest absolute Gasteiger partial charge is 0.416 e. The Balaban J connectivity index is 1.59. The number of carbonyl (C=O) groups excluding carboxylic acids is 4. The van der Waals surface area contributed by atoms with Gasteiger partial charge < -0.3 is 20.2 Å². The number of piperidine rings is 1. The molecule has 0 unspecified atom stereocenters. The summed E-state index contributed by atoms with van der Waals surface area (Å²) in [5.41, 5.74) is -2.70. The van der Waals surface area contributed by atoms with Crippen LogP contribution in [0.3, 0.4) is 0 Å². The number of alkyl halides is 3. The van der Waals surface area contributed by atoms with Crippen molar-refractivity contribution in [1.82, 2.24) is 20.0 Å². The zero-order valence-corrected chi connectivity index (χ0v) is 26.7. The van der Waals surface area contributed by atoms with Crippen LogP contribution in [0.4, 0.5) is 28.0 Å². The Morgan fingerprint density at radius 3 is 2.19 bits per heavy atom. The molecule has 2 heterocycles. The molecule has 0 radical (unpaired) electrons. The first-order valence-corrected chi connectivity index (χ1v) is 15.0. The van der Waals surface area contributed by atoms with Gasteiger partial charge in [-0.05, 0) is 81.7 Å². The highest BCUT2D eigenvalue weighted by Gasteiger charge is 2.59. The van der Waals surface area contributed by atoms with E-state index in [1.54, 1.807) is 34.9 Å². The predicted octanol–water partition coefficient (Wildman–Crippen LogP) is 4.00. The maximum atomic E-state index is 14.4. The molecule has 5 amide bonds. The van der Waals surface area contributed by atoms with Gasteiger partial charge in [-0.15, -0.1) is 0 Å². The Hall–Kier alpha value is -4.53. The van der Waals surface area contributed by atoms with Crippen LogP contribution in [0, 0.1) is 18.7 Å². The summed E-state index contributed by atoms with van der Waals surface area (Å²) in [6.45, 7) is 5.28. The number of likely N-dealkylation sites (tertiary alicyclic amines) is 1. The lowest BCUT2D eigenvalue weighted by atomic mass is 9.84.